The van der Waals surface area contributed by atoms with Gasteiger partial charge in [0.05, 0.1) is 5.92 Å². The Hall–Kier alpha value is -3.15. The highest BCUT2D eigenvalue weighted by Crippen LogP contribution is 2.33. The highest BCUT2D eigenvalue weighted by Gasteiger charge is 2.52. The summed E-state index contributed by atoms with van der Waals surface area (Å²) < 4.78 is 5.29. The van der Waals surface area contributed by atoms with Crippen LogP contribution in [0.15, 0.2) is 60.7 Å². The number of carbonyl (C=O) groups is 3. The molecule has 2 aromatic rings. The largest absolute Gasteiger partial charge is 0.445 e. The number of ether oxygens (including phenoxy) is 1. The van der Waals surface area contributed by atoms with E-state index in [1.54, 1.807) is 4.90 Å². The highest BCUT2D eigenvalue weighted by molar-refractivity contribution is 5.94. The molecule has 0 unspecified atom stereocenters. The molecule has 0 aromatic heterocycles. The molecule has 0 radical (unpaired) electrons. The van der Waals surface area contributed by atoms with Gasteiger partial charge in [-0.2, -0.15) is 0 Å². The van der Waals surface area contributed by atoms with Gasteiger partial charge in [0.2, 0.25) is 5.91 Å². The maximum Gasteiger partial charge on any atom is 0.407 e. The molecule has 152 valence electrons. The Bertz CT molecular complexity index is 838. The van der Waals surface area contributed by atoms with E-state index in [1.807, 2.05) is 74.5 Å². The van der Waals surface area contributed by atoms with Crippen LogP contribution in [-0.2, 0) is 27.5 Å². The predicted molar refractivity (Wildman–Crippen MR) is 109 cm³/mol. The second-order valence-electron chi connectivity index (χ2n) is 7.58. The number of amides is 2. The summed E-state index contributed by atoms with van der Waals surface area (Å²) in [6, 6.07) is 17.9. The normalized spacial score (nSPS) is 19.4. The van der Waals surface area contributed by atoms with E-state index in [0.717, 1.165) is 17.4 Å². The van der Waals surface area contributed by atoms with Crippen molar-refractivity contribution in [2.24, 2.45) is 11.8 Å². The summed E-state index contributed by atoms with van der Waals surface area (Å²) in [6.45, 7) is 4.35. The first-order valence-electron chi connectivity index (χ1n) is 9.78. The lowest BCUT2D eigenvalue weighted by Gasteiger charge is -2.48. The lowest BCUT2D eigenvalue weighted by Crippen LogP contribution is -2.68. The average molecular weight is 394 g/mol. The Morgan fingerprint density at radius 3 is 2.21 bits per heavy atom. The van der Waals surface area contributed by atoms with Crippen LogP contribution in [-0.4, -0.2) is 35.3 Å². The molecular weight excluding hydrogens is 368 g/mol. The SMILES string of the molecule is CC(C)[C@H](NC(=O)OCc1ccccc1)[C@H]1C(=O)N(Cc2ccccc2)[C@@H]1C=O. The molecule has 1 heterocycles. The highest BCUT2D eigenvalue weighted by atomic mass is 16.5. The molecule has 0 saturated carbocycles. The molecule has 0 spiro atoms. The first kappa shape index (κ1) is 20.6. The van der Waals surface area contributed by atoms with E-state index >= 15 is 0 Å². The van der Waals surface area contributed by atoms with Gasteiger partial charge in [-0.05, 0) is 17.0 Å². The van der Waals surface area contributed by atoms with Gasteiger partial charge in [0, 0.05) is 12.6 Å². The summed E-state index contributed by atoms with van der Waals surface area (Å²) >= 11 is 0. The lowest BCUT2D eigenvalue weighted by molar-refractivity contribution is -0.162. The van der Waals surface area contributed by atoms with E-state index in [-0.39, 0.29) is 18.4 Å². The van der Waals surface area contributed by atoms with E-state index in [2.05, 4.69) is 5.32 Å². The van der Waals surface area contributed by atoms with E-state index in [9.17, 15) is 14.4 Å². The number of likely N-dealkylation sites (tertiary alicyclic amines) is 1. The average Bonchev–Trinajstić information content (AvgIpc) is 2.74. The number of aldehydes is 1. The number of nitrogens with one attached hydrogen (secondary N) is 1. The van der Waals surface area contributed by atoms with Crippen molar-refractivity contribution in [2.45, 2.75) is 39.1 Å². The topological polar surface area (TPSA) is 75.7 Å². The van der Waals surface area contributed by atoms with Gasteiger partial charge >= 0.3 is 6.09 Å². The predicted octanol–water partition coefficient (Wildman–Crippen LogP) is 3.16. The Labute approximate surface area is 170 Å². The number of nitrogens with zero attached hydrogens (tertiary/aromatic N) is 1. The fraction of sp³-hybridized carbons (Fsp3) is 0.348. The summed E-state index contributed by atoms with van der Waals surface area (Å²) in [4.78, 5) is 38.4. The van der Waals surface area contributed by atoms with Crippen molar-refractivity contribution in [2.75, 3.05) is 0 Å². The Balaban J connectivity index is 1.63. The summed E-state index contributed by atoms with van der Waals surface area (Å²) in [5.41, 5.74) is 1.84. The quantitative estimate of drug-likeness (QED) is 0.551. The van der Waals surface area contributed by atoms with Gasteiger partial charge in [-0.3, -0.25) is 4.79 Å². The van der Waals surface area contributed by atoms with Gasteiger partial charge in [0.15, 0.2) is 0 Å². The molecule has 0 bridgehead atoms. The van der Waals surface area contributed by atoms with Crippen LogP contribution >= 0.6 is 0 Å². The van der Waals surface area contributed by atoms with E-state index in [1.165, 1.54) is 0 Å². The van der Waals surface area contributed by atoms with Crippen molar-refractivity contribution in [1.29, 1.82) is 0 Å². The molecule has 6 heteroatoms. The zero-order chi connectivity index (χ0) is 20.8. The van der Waals surface area contributed by atoms with Crippen molar-refractivity contribution < 1.29 is 19.1 Å². The van der Waals surface area contributed by atoms with Gasteiger partial charge in [-0.15, -0.1) is 0 Å². The second-order valence-corrected chi connectivity index (χ2v) is 7.58. The smallest absolute Gasteiger partial charge is 0.407 e. The molecular formula is C23H26N2O4. The summed E-state index contributed by atoms with van der Waals surface area (Å²) in [6.07, 6.45) is 0.202. The van der Waals surface area contributed by atoms with Crippen molar-refractivity contribution in [3.8, 4) is 0 Å². The molecule has 1 N–H and O–H groups in total. The maximum atomic E-state index is 12.8. The number of alkyl carbamates (subject to hydrolysis) is 1. The second kappa shape index (κ2) is 9.37. The third-order valence-electron chi connectivity index (χ3n) is 5.23. The molecule has 1 saturated heterocycles. The number of carbonyl (C=O) groups excluding carboxylic acids is 3. The first-order valence-corrected chi connectivity index (χ1v) is 9.78. The molecule has 3 rings (SSSR count). The third kappa shape index (κ3) is 4.83. The van der Waals surface area contributed by atoms with Gasteiger partial charge in [-0.25, -0.2) is 4.79 Å². The van der Waals surface area contributed by atoms with Crippen LogP contribution in [0.5, 0.6) is 0 Å². The van der Waals surface area contributed by atoms with Crippen LogP contribution < -0.4 is 5.32 Å². The third-order valence-corrected chi connectivity index (χ3v) is 5.23. The van der Waals surface area contributed by atoms with Crippen molar-refractivity contribution in [3.05, 3.63) is 71.8 Å². The standard InChI is InChI=1S/C23H26N2O4/c1-16(2)21(24-23(28)29-15-18-11-7-4-8-12-18)20-19(14-26)25(22(20)27)13-17-9-5-3-6-10-17/h3-12,14,16,19-21H,13,15H2,1-2H3,(H,24,28)/t19-,20+,21+/m1/s1. The zero-order valence-electron chi connectivity index (χ0n) is 16.7. The monoisotopic (exact) mass is 394 g/mol. The summed E-state index contributed by atoms with van der Waals surface area (Å²) in [7, 11) is 0. The van der Waals surface area contributed by atoms with Crippen LogP contribution in [0.3, 0.4) is 0 Å². The molecule has 1 aliphatic rings. The molecule has 3 atom stereocenters. The minimum atomic E-state index is -0.591. The Morgan fingerprint density at radius 1 is 1.07 bits per heavy atom. The van der Waals surface area contributed by atoms with E-state index < -0.39 is 24.1 Å². The number of benzene rings is 2. The minimum absolute atomic E-state index is 0.0328. The van der Waals surface area contributed by atoms with Gasteiger partial charge in [0.1, 0.15) is 18.9 Å². The molecule has 2 amide bonds. The van der Waals surface area contributed by atoms with Crippen LogP contribution in [0.2, 0.25) is 0 Å². The number of β-lactam (4-membered cyclic amide) rings is 1. The number of hydrogen-bond acceptors (Lipinski definition) is 4. The summed E-state index contributed by atoms with van der Waals surface area (Å²) in [5.74, 6) is -0.747. The molecule has 1 aliphatic heterocycles. The fourth-order valence-electron chi connectivity index (χ4n) is 3.66. The van der Waals surface area contributed by atoms with Gasteiger partial charge in [-0.1, -0.05) is 74.5 Å². The molecule has 0 aliphatic carbocycles. The molecule has 2 aromatic carbocycles. The molecule has 1 fully saturated rings. The fourth-order valence-corrected chi connectivity index (χ4v) is 3.66. The van der Waals surface area contributed by atoms with Crippen molar-refractivity contribution in [1.82, 2.24) is 10.2 Å². The number of rotatable bonds is 8. The maximum absolute atomic E-state index is 12.8. The van der Waals surface area contributed by atoms with Crippen LogP contribution in [0.1, 0.15) is 25.0 Å². The first-order chi connectivity index (χ1) is 14.0. The van der Waals surface area contributed by atoms with Crippen LogP contribution in [0.4, 0.5) is 4.79 Å². The lowest BCUT2D eigenvalue weighted by atomic mass is 9.77. The minimum Gasteiger partial charge on any atom is -0.445 e. The molecule has 29 heavy (non-hydrogen) atoms. The van der Waals surface area contributed by atoms with Crippen molar-refractivity contribution in [3.63, 3.8) is 0 Å². The number of hydrogen-bond donors (Lipinski definition) is 1. The van der Waals surface area contributed by atoms with E-state index in [4.69, 9.17) is 4.74 Å². The van der Waals surface area contributed by atoms with Crippen molar-refractivity contribution >= 4 is 18.3 Å². The summed E-state index contributed by atoms with van der Waals surface area (Å²) in [5, 5.41) is 2.80. The molecule has 6 nitrogen and oxygen atoms in total. The van der Waals surface area contributed by atoms with Crippen LogP contribution in [0, 0.1) is 11.8 Å². The van der Waals surface area contributed by atoms with Crippen LogP contribution in [0.25, 0.3) is 0 Å². The van der Waals surface area contributed by atoms with E-state index in [0.29, 0.717) is 6.54 Å². The zero-order valence-corrected chi connectivity index (χ0v) is 16.7. The Morgan fingerprint density at radius 2 is 1.66 bits per heavy atom. The Kier molecular flexibility index (Phi) is 6.65. The van der Waals surface area contributed by atoms with Gasteiger partial charge < -0.3 is 19.7 Å². The van der Waals surface area contributed by atoms with Gasteiger partial charge in [0.25, 0.3) is 0 Å².